The molecule has 0 aliphatic heterocycles. The summed E-state index contributed by atoms with van der Waals surface area (Å²) in [7, 11) is 0. The molecule has 0 nitrogen and oxygen atoms in total. The molecule has 0 saturated heterocycles. The first-order valence-corrected chi connectivity index (χ1v) is 5.47. The van der Waals surface area contributed by atoms with Crippen molar-refractivity contribution in [3.8, 4) is 0 Å². The normalized spacial score (nSPS) is 13.7. The van der Waals surface area contributed by atoms with Gasteiger partial charge in [-0.05, 0) is 0 Å². The summed E-state index contributed by atoms with van der Waals surface area (Å²) in [6, 6.07) is 0. The molecule has 12 heavy (non-hydrogen) atoms. The topological polar surface area (TPSA) is 0 Å². The van der Waals surface area contributed by atoms with Gasteiger partial charge >= 0.3 is 45.4 Å². The first-order chi connectivity index (χ1) is 5.81. The minimum absolute atomic E-state index is 1.11. The number of unbranched alkanes of at least 4 members (excludes halogenated alkanes) is 3. The van der Waals surface area contributed by atoms with Gasteiger partial charge < -0.3 is 0 Å². The van der Waals surface area contributed by atoms with E-state index in [1.165, 1.54) is 30.1 Å². The van der Waals surface area contributed by atoms with Crippen molar-refractivity contribution in [1.29, 1.82) is 0 Å². The van der Waals surface area contributed by atoms with Gasteiger partial charge in [-0.2, -0.15) is 0 Å². The van der Waals surface area contributed by atoms with Crippen LogP contribution in [0.4, 0.5) is 0 Å². The Morgan fingerprint density at radius 3 is 2.00 bits per heavy atom. The monoisotopic (exact) mass is 203 g/mol. The van der Waals surface area contributed by atoms with E-state index in [0.717, 1.165) is 6.42 Å². The van der Waals surface area contributed by atoms with Crippen LogP contribution < -0.4 is 0 Å². The molecule has 0 unspecified atom stereocenters. The zero-order valence-electron chi connectivity index (χ0n) is 8.18. The van der Waals surface area contributed by atoms with E-state index in [-0.39, 0.29) is 0 Å². The average Bonchev–Trinajstić information content (AvgIpc) is 2.53. The summed E-state index contributed by atoms with van der Waals surface area (Å²) < 4.78 is 1.34. The second kappa shape index (κ2) is 9.10. The molecular formula is C11H19Cr. The first-order valence-electron chi connectivity index (χ1n) is 4.84. The summed E-state index contributed by atoms with van der Waals surface area (Å²) >= 11 is 2.94. The van der Waals surface area contributed by atoms with E-state index in [9.17, 15) is 0 Å². The molecule has 1 aliphatic carbocycles. The van der Waals surface area contributed by atoms with Crippen molar-refractivity contribution in [2.45, 2.75) is 46.0 Å². The molecule has 1 heteroatoms. The van der Waals surface area contributed by atoms with Crippen molar-refractivity contribution in [3.63, 3.8) is 0 Å². The van der Waals surface area contributed by atoms with Gasteiger partial charge in [0.2, 0.25) is 0 Å². The Balaban J connectivity index is 0.000000202. The van der Waals surface area contributed by atoms with E-state index in [0.29, 0.717) is 0 Å². The Bertz CT molecular complexity index is 141. The van der Waals surface area contributed by atoms with Crippen LogP contribution in [0.5, 0.6) is 0 Å². The molecule has 1 aliphatic rings. The summed E-state index contributed by atoms with van der Waals surface area (Å²) in [4.78, 5) is 0. The fourth-order valence-corrected chi connectivity index (χ4v) is 1.20. The van der Waals surface area contributed by atoms with Crippen LogP contribution in [-0.2, 0) is 16.3 Å². The summed E-state index contributed by atoms with van der Waals surface area (Å²) in [5, 5.41) is 0. The third kappa shape index (κ3) is 8.11. The van der Waals surface area contributed by atoms with Crippen molar-refractivity contribution >= 4 is 0 Å². The van der Waals surface area contributed by atoms with E-state index >= 15 is 0 Å². The molecule has 1 rings (SSSR count). The van der Waals surface area contributed by atoms with Gasteiger partial charge in [0.1, 0.15) is 0 Å². The Labute approximate surface area is 85.2 Å². The van der Waals surface area contributed by atoms with Crippen molar-refractivity contribution in [2.75, 3.05) is 0 Å². The molecule has 0 saturated carbocycles. The summed E-state index contributed by atoms with van der Waals surface area (Å²) in [6.45, 7) is 4.46. The molecule has 0 radical (unpaired) electrons. The summed E-state index contributed by atoms with van der Waals surface area (Å²) in [5.74, 6) is 0. The maximum atomic E-state index is 2.94. The van der Waals surface area contributed by atoms with Crippen LogP contribution in [-0.4, -0.2) is 0 Å². The predicted molar refractivity (Wildman–Crippen MR) is 51.7 cm³/mol. The van der Waals surface area contributed by atoms with E-state index in [2.05, 4.69) is 48.4 Å². The quantitative estimate of drug-likeness (QED) is 0.609. The van der Waals surface area contributed by atoms with E-state index < -0.39 is 0 Å². The molecule has 0 heterocycles. The van der Waals surface area contributed by atoms with Crippen LogP contribution >= 0.6 is 0 Å². The third-order valence-corrected chi connectivity index (χ3v) is 2.17. The van der Waals surface area contributed by atoms with Crippen LogP contribution in [0.15, 0.2) is 22.7 Å². The fourth-order valence-electron chi connectivity index (χ4n) is 0.928. The van der Waals surface area contributed by atoms with Gasteiger partial charge in [-0.15, -0.1) is 0 Å². The molecule has 0 atom stereocenters. The van der Waals surface area contributed by atoms with E-state index in [1.807, 2.05) is 0 Å². The predicted octanol–water partition coefficient (Wildman–Crippen LogP) is 3.96. The fraction of sp³-hybridized carbons (Fsp3) is 0.636. The number of hydrogen-bond donors (Lipinski definition) is 0. The second-order valence-electron chi connectivity index (χ2n) is 2.97. The molecule has 0 fully saturated rings. The van der Waals surface area contributed by atoms with Crippen LogP contribution in [0.1, 0.15) is 46.0 Å². The zero-order chi connectivity index (χ0) is 9.23. The molecule has 0 aromatic heterocycles. The van der Waals surface area contributed by atoms with Crippen molar-refractivity contribution in [2.24, 2.45) is 0 Å². The van der Waals surface area contributed by atoms with Crippen LogP contribution in [0.3, 0.4) is 0 Å². The zero-order valence-corrected chi connectivity index (χ0v) is 9.45. The molecule has 69 valence electrons. The van der Waals surface area contributed by atoms with Crippen molar-refractivity contribution < 1.29 is 16.3 Å². The van der Waals surface area contributed by atoms with Crippen LogP contribution in [0, 0.1) is 0 Å². The van der Waals surface area contributed by atoms with Gasteiger partial charge in [-0.1, -0.05) is 39.5 Å². The van der Waals surface area contributed by atoms with Crippen molar-refractivity contribution in [1.82, 2.24) is 0 Å². The minimum atomic E-state index is 1.11. The maximum absolute atomic E-state index is 2.94. The standard InChI is InChI=1S/C6H14.C5H5.Cr/c1-3-5-6-4-2;1-2-4-5-3-1;/h3-6H2,1-2H3;1-3H,4H2;. The molecule has 0 N–H and O–H groups in total. The van der Waals surface area contributed by atoms with Gasteiger partial charge in [0.25, 0.3) is 0 Å². The Morgan fingerprint density at radius 2 is 1.83 bits per heavy atom. The first kappa shape index (κ1) is 12.0. The number of allylic oxidation sites excluding steroid dienone is 4. The Kier molecular flexibility index (Phi) is 9.11. The van der Waals surface area contributed by atoms with Gasteiger partial charge in [0.05, 0.1) is 0 Å². The second-order valence-corrected chi connectivity index (χ2v) is 3.79. The van der Waals surface area contributed by atoms with E-state index in [4.69, 9.17) is 0 Å². The number of hydrogen-bond acceptors (Lipinski definition) is 0. The third-order valence-electron chi connectivity index (χ3n) is 1.69. The van der Waals surface area contributed by atoms with Gasteiger partial charge in [-0.3, -0.25) is 0 Å². The van der Waals surface area contributed by atoms with Crippen molar-refractivity contribution in [3.05, 3.63) is 22.7 Å². The Hall–Kier alpha value is 0.0125. The van der Waals surface area contributed by atoms with Crippen LogP contribution in [0.25, 0.3) is 0 Å². The SMILES string of the molecule is CCCCCC.[Cr][C]1=CC=CC1. The Morgan fingerprint density at radius 1 is 1.25 bits per heavy atom. The molecule has 0 amide bonds. The summed E-state index contributed by atoms with van der Waals surface area (Å²) in [5.41, 5.74) is 0. The molecule has 0 aromatic rings. The van der Waals surface area contributed by atoms with Gasteiger partial charge in [0, 0.05) is 0 Å². The number of rotatable bonds is 3. The summed E-state index contributed by atoms with van der Waals surface area (Å²) in [6.07, 6.45) is 12.9. The molecule has 0 aromatic carbocycles. The molecular weight excluding hydrogens is 184 g/mol. The molecule has 0 bridgehead atoms. The van der Waals surface area contributed by atoms with Gasteiger partial charge in [-0.25, -0.2) is 0 Å². The van der Waals surface area contributed by atoms with E-state index in [1.54, 1.807) is 0 Å². The van der Waals surface area contributed by atoms with Gasteiger partial charge in [0.15, 0.2) is 0 Å². The molecule has 0 spiro atoms. The average molecular weight is 203 g/mol. The van der Waals surface area contributed by atoms with Crippen LogP contribution in [0.2, 0.25) is 0 Å².